The Labute approximate surface area is 104 Å². The van der Waals surface area contributed by atoms with Crippen molar-refractivity contribution < 1.29 is 9.18 Å². The molecule has 0 aliphatic rings. The summed E-state index contributed by atoms with van der Waals surface area (Å²) in [6.07, 6.45) is 1.71. The summed E-state index contributed by atoms with van der Waals surface area (Å²) in [4.78, 5) is 11.5. The Morgan fingerprint density at radius 1 is 1.38 bits per heavy atom. The lowest BCUT2D eigenvalue weighted by molar-refractivity contribution is -0.119. The SMILES string of the molecule is CC(C)CC(=O)CCc1cc(F)cc(Br)c1. The molecule has 0 aliphatic heterocycles. The maximum Gasteiger partial charge on any atom is 0.133 e. The molecule has 0 heterocycles. The molecule has 1 nitrogen and oxygen atoms in total. The zero-order chi connectivity index (χ0) is 12.1. The molecule has 88 valence electrons. The van der Waals surface area contributed by atoms with E-state index in [1.54, 1.807) is 0 Å². The molecule has 1 aromatic rings. The minimum Gasteiger partial charge on any atom is -0.300 e. The predicted octanol–water partition coefficient (Wildman–Crippen LogP) is 4.14. The van der Waals surface area contributed by atoms with Gasteiger partial charge in [-0.1, -0.05) is 29.8 Å². The van der Waals surface area contributed by atoms with Crippen LogP contribution >= 0.6 is 15.9 Å². The molecule has 0 saturated carbocycles. The highest BCUT2D eigenvalue weighted by Crippen LogP contribution is 2.16. The number of rotatable bonds is 5. The lowest BCUT2D eigenvalue weighted by Crippen LogP contribution is -2.04. The van der Waals surface area contributed by atoms with Gasteiger partial charge in [-0.25, -0.2) is 4.39 Å². The minimum atomic E-state index is -0.263. The molecule has 1 rings (SSSR count). The second kappa shape index (κ2) is 6.14. The minimum absolute atomic E-state index is 0.246. The van der Waals surface area contributed by atoms with Gasteiger partial charge in [-0.05, 0) is 36.1 Å². The van der Waals surface area contributed by atoms with Crippen molar-refractivity contribution >= 4 is 21.7 Å². The van der Waals surface area contributed by atoms with Gasteiger partial charge in [0.1, 0.15) is 11.6 Å². The van der Waals surface area contributed by atoms with E-state index in [-0.39, 0.29) is 11.6 Å². The molecule has 0 atom stereocenters. The Hall–Kier alpha value is -0.700. The summed E-state index contributed by atoms with van der Waals surface area (Å²) in [5.41, 5.74) is 0.865. The third-order valence-electron chi connectivity index (χ3n) is 2.25. The van der Waals surface area contributed by atoms with E-state index >= 15 is 0 Å². The van der Waals surface area contributed by atoms with Gasteiger partial charge in [0.2, 0.25) is 0 Å². The van der Waals surface area contributed by atoms with Gasteiger partial charge in [-0.2, -0.15) is 0 Å². The summed E-state index contributed by atoms with van der Waals surface area (Å²) in [7, 11) is 0. The van der Waals surface area contributed by atoms with Crippen LogP contribution in [-0.2, 0) is 11.2 Å². The van der Waals surface area contributed by atoms with E-state index in [0.29, 0.717) is 25.2 Å². The van der Waals surface area contributed by atoms with Gasteiger partial charge < -0.3 is 0 Å². The van der Waals surface area contributed by atoms with Crippen LogP contribution < -0.4 is 0 Å². The van der Waals surface area contributed by atoms with Crippen molar-refractivity contribution in [2.24, 2.45) is 5.92 Å². The quantitative estimate of drug-likeness (QED) is 0.795. The van der Waals surface area contributed by atoms with Gasteiger partial charge >= 0.3 is 0 Å². The molecule has 0 unspecified atom stereocenters. The topological polar surface area (TPSA) is 17.1 Å². The van der Waals surface area contributed by atoms with Crippen molar-refractivity contribution in [1.29, 1.82) is 0 Å². The van der Waals surface area contributed by atoms with Crippen molar-refractivity contribution in [3.8, 4) is 0 Å². The number of hydrogen-bond donors (Lipinski definition) is 0. The first-order chi connectivity index (χ1) is 7.47. The fourth-order valence-corrected chi connectivity index (χ4v) is 2.11. The molecule has 1 aromatic carbocycles. The van der Waals surface area contributed by atoms with Gasteiger partial charge in [-0.3, -0.25) is 4.79 Å². The van der Waals surface area contributed by atoms with Crippen molar-refractivity contribution in [2.75, 3.05) is 0 Å². The summed E-state index contributed by atoms with van der Waals surface area (Å²) in [5.74, 6) is 0.378. The molecular weight excluding hydrogens is 271 g/mol. The van der Waals surface area contributed by atoms with Crippen LogP contribution in [0.5, 0.6) is 0 Å². The molecule has 0 amide bonds. The molecule has 0 aliphatic carbocycles. The number of Topliss-reactive ketones (excluding diaryl/α,β-unsaturated/α-hetero) is 1. The average molecular weight is 287 g/mol. The molecule has 0 spiro atoms. The van der Waals surface area contributed by atoms with Crippen LogP contribution in [0.25, 0.3) is 0 Å². The van der Waals surface area contributed by atoms with E-state index in [0.717, 1.165) is 10.0 Å². The third kappa shape index (κ3) is 4.88. The van der Waals surface area contributed by atoms with Crippen LogP contribution in [0.4, 0.5) is 4.39 Å². The van der Waals surface area contributed by atoms with E-state index in [9.17, 15) is 9.18 Å². The lowest BCUT2D eigenvalue weighted by Gasteiger charge is -2.05. The van der Waals surface area contributed by atoms with Crippen LogP contribution in [0.15, 0.2) is 22.7 Å². The van der Waals surface area contributed by atoms with Gasteiger partial charge in [-0.15, -0.1) is 0 Å². The van der Waals surface area contributed by atoms with E-state index in [1.807, 2.05) is 19.9 Å². The third-order valence-corrected chi connectivity index (χ3v) is 2.71. The highest BCUT2D eigenvalue weighted by Gasteiger charge is 2.06. The van der Waals surface area contributed by atoms with E-state index in [4.69, 9.17) is 0 Å². The summed E-state index contributed by atoms with van der Waals surface area (Å²) in [5, 5.41) is 0. The molecule has 0 bridgehead atoms. The van der Waals surface area contributed by atoms with Crippen molar-refractivity contribution in [3.63, 3.8) is 0 Å². The van der Waals surface area contributed by atoms with Gasteiger partial charge in [0, 0.05) is 17.3 Å². The molecular formula is C13H16BrFO. The Bertz CT molecular complexity index is 354. The Kier molecular flexibility index (Phi) is 5.13. The molecule has 0 aromatic heterocycles. The summed E-state index contributed by atoms with van der Waals surface area (Å²) < 4.78 is 13.8. The van der Waals surface area contributed by atoms with E-state index in [1.165, 1.54) is 12.1 Å². The van der Waals surface area contributed by atoms with E-state index in [2.05, 4.69) is 15.9 Å². The summed E-state index contributed by atoms with van der Waals surface area (Å²) in [6, 6.07) is 4.75. The Morgan fingerprint density at radius 3 is 2.62 bits per heavy atom. The largest absolute Gasteiger partial charge is 0.300 e. The molecule has 0 saturated heterocycles. The van der Waals surface area contributed by atoms with Crippen LogP contribution in [0.2, 0.25) is 0 Å². The van der Waals surface area contributed by atoms with Crippen molar-refractivity contribution in [2.45, 2.75) is 33.1 Å². The first-order valence-corrected chi connectivity index (χ1v) is 6.23. The van der Waals surface area contributed by atoms with Crippen molar-refractivity contribution in [3.05, 3.63) is 34.1 Å². The van der Waals surface area contributed by atoms with E-state index < -0.39 is 0 Å². The monoisotopic (exact) mass is 286 g/mol. The zero-order valence-corrected chi connectivity index (χ0v) is 11.2. The second-order valence-corrected chi connectivity index (χ2v) is 5.33. The zero-order valence-electron chi connectivity index (χ0n) is 9.59. The van der Waals surface area contributed by atoms with Gasteiger partial charge in [0.05, 0.1) is 0 Å². The molecule has 3 heteroatoms. The lowest BCUT2D eigenvalue weighted by atomic mass is 10.0. The fraction of sp³-hybridized carbons (Fsp3) is 0.462. The van der Waals surface area contributed by atoms with Crippen LogP contribution in [0.1, 0.15) is 32.3 Å². The molecule has 0 fully saturated rings. The Morgan fingerprint density at radius 2 is 2.06 bits per heavy atom. The summed E-state index contributed by atoms with van der Waals surface area (Å²) in [6.45, 7) is 4.05. The number of carbonyl (C=O) groups is 1. The second-order valence-electron chi connectivity index (χ2n) is 4.41. The normalized spacial score (nSPS) is 10.8. The van der Waals surface area contributed by atoms with Gasteiger partial charge in [0.25, 0.3) is 0 Å². The predicted molar refractivity (Wildman–Crippen MR) is 66.9 cm³/mol. The average Bonchev–Trinajstić information content (AvgIpc) is 2.12. The number of benzene rings is 1. The molecule has 0 N–H and O–H groups in total. The van der Waals surface area contributed by atoms with Crippen LogP contribution in [0.3, 0.4) is 0 Å². The number of aryl methyl sites for hydroxylation is 1. The van der Waals surface area contributed by atoms with Crippen LogP contribution in [-0.4, -0.2) is 5.78 Å². The number of hydrogen-bond acceptors (Lipinski definition) is 1. The number of carbonyl (C=O) groups excluding carboxylic acids is 1. The van der Waals surface area contributed by atoms with Crippen molar-refractivity contribution in [1.82, 2.24) is 0 Å². The first-order valence-electron chi connectivity index (χ1n) is 5.44. The number of halogens is 2. The maximum absolute atomic E-state index is 13.0. The Balaban J connectivity index is 2.51. The molecule has 16 heavy (non-hydrogen) atoms. The summed E-state index contributed by atoms with van der Waals surface area (Å²) >= 11 is 3.24. The van der Waals surface area contributed by atoms with Gasteiger partial charge in [0.15, 0.2) is 0 Å². The first kappa shape index (κ1) is 13.4. The molecule has 0 radical (unpaired) electrons. The number of ketones is 1. The fourth-order valence-electron chi connectivity index (χ4n) is 1.60. The highest BCUT2D eigenvalue weighted by atomic mass is 79.9. The highest BCUT2D eigenvalue weighted by molar-refractivity contribution is 9.10. The van der Waals surface area contributed by atoms with Crippen LogP contribution in [0, 0.1) is 11.7 Å². The smallest absolute Gasteiger partial charge is 0.133 e. The maximum atomic E-state index is 13.0. The standard InChI is InChI=1S/C13H16BrFO/c1-9(2)5-13(16)4-3-10-6-11(14)8-12(15)7-10/h6-9H,3-5H2,1-2H3.